The number of piperidine rings is 1. The third-order valence-electron chi connectivity index (χ3n) is 9.31. The van der Waals surface area contributed by atoms with Crippen molar-refractivity contribution in [1.82, 2.24) is 4.90 Å². The molecule has 2 fully saturated rings. The van der Waals surface area contributed by atoms with Crippen molar-refractivity contribution < 1.29 is 19.1 Å². The van der Waals surface area contributed by atoms with Gasteiger partial charge in [0.25, 0.3) is 5.91 Å². The minimum Gasteiger partial charge on any atom is -0.390 e. The molecule has 2 heterocycles. The van der Waals surface area contributed by atoms with E-state index in [1.54, 1.807) is 0 Å². The Kier molecular flexibility index (Phi) is 8.90. The number of aliphatic imine (C=N–C) groups is 1. The van der Waals surface area contributed by atoms with Gasteiger partial charge in [-0.1, -0.05) is 12.1 Å². The number of aliphatic hydroxyl groups is 1. The summed E-state index contributed by atoms with van der Waals surface area (Å²) >= 11 is 0. The summed E-state index contributed by atoms with van der Waals surface area (Å²) in [6.45, 7) is 6.54. The number of benzene rings is 2. The zero-order valence-corrected chi connectivity index (χ0v) is 24.3. The molecule has 2 aromatic rings. The van der Waals surface area contributed by atoms with Crippen LogP contribution in [0.25, 0.3) is 0 Å². The molecule has 7 nitrogen and oxygen atoms in total. The number of nitrogens with zero attached hydrogens (tertiary/aromatic N) is 3. The van der Waals surface area contributed by atoms with E-state index in [9.17, 15) is 19.1 Å². The summed E-state index contributed by atoms with van der Waals surface area (Å²) in [6, 6.07) is 12.4. The molecule has 5 rings (SSSR count). The fourth-order valence-electron chi connectivity index (χ4n) is 6.81. The largest absolute Gasteiger partial charge is 0.390 e. The molecular formula is C33H43FN4O3. The zero-order valence-electron chi connectivity index (χ0n) is 24.3. The van der Waals surface area contributed by atoms with Gasteiger partial charge in [0.2, 0.25) is 5.91 Å². The molecule has 2 aromatic carbocycles. The van der Waals surface area contributed by atoms with Gasteiger partial charge in [-0.3, -0.25) is 14.5 Å². The van der Waals surface area contributed by atoms with Gasteiger partial charge < -0.3 is 15.7 Å². The van der Waals surface area contributed by atoms with Gasteiger partial charge in [0, 0.05) is 36.2 Å². The Labute approximate surface area is 242 Å². The molecule has 0 bridgehead atoms. The number of nitrogens with two attached hydrogens (primary N) is 1. The Bertz CT molecular complexity index is 1270. The highest BCUT2D eigenvalue weighted by Gasteiger charge is 2.34. The molecule has 1 saturated carbocycles. The lowest BCUT2D eigenvalue weighted by atomic mass is 9.83. The molecule has 0 spiro atoms. The van der Waals surface area contributed by atoms with E-state index < -0.39 is 5.60 Å². The lowest BCUT2D eigenvalue weighted by Gasteiger charge is -2.39. The van der Waals surface area contributed by atoms with Gasteiger partial charge in [-0.25, -0.2) is 4.39 Å². The summed E-state index contributed by atoms with van der Waals surface area (Å²) in [5.41, 5.74) is 8.91. The second-order valence-corrected chi connectivity index (χ2v) is 12.6. The van der Waals surface area contributed by atoms with Gasteiger partial charge >= 0.3 is 0 Å². The lowest BCUT2D eigenvalue weighted by Crippen LogP contribution is -2.44. The van der Waals surface area contributed by atoms with E-state index in [-0.39, 0.29) is 29.6 Å². The monoisotopic (exact) mass is 562 g/mol. The van der Waals surface area contributed by atoms with Crippen LogP contribution in [0.1, 0.15) is 86.7 Å². The third-order valence-corrected chi connectivity index (χ3v) is 9.31. The maximum atomic E-state index is 13.5. The van der Waals surface area contributed by atoms with Crippen LogP contribution >= 0.6 is 0 Å². The minimum absolute atomic E-state index is 0.111. The Morgan fingerprint density at radius 1 is 1.00 bits per heavy atom. The first-order valence-corrected chi connectivity index (χ1v) is 15.1. The van der Waals surface area contributed by atoms with E-state index in [1.165, 1.54) is 35.4 Å². The van der Waals surface area contributed by atoms with Crippen LogP contribution in [0, 0.1) is 17.7 Å². The van der Waals surface area contributed by atoms with Crippen LogP contribution in [0.2, 0.25) is 0 Å². The maximum absolute atomic E-state index is 13.5. The van der Waals surface area contributed by atoms with Crippen molar-refractivity contribution in [2.24, 2.45) is 22.6 Å². The Balaban J connectivity index is 1.43. The van der Waals surface area contributed by atoms with Crippen LogP contribution in [-0.4, -0.2) is 52.4 Å². The number of anilines is 1. The highest BCUT2D eigenvalue weighted by atomic mass is 19.1. The van der Waals surface area contributed by atoms with Crippen molar-refractivity contribution in [3.8, 4) is 0 Å². The second-order valence-electron chi connectivity index (χ2n) is 12.6. The average Bonchev–Trinajstić information content (AvgIpc) is 3.12. The molecule has 8 heteroatoms. The SMILES string of the molecule is CC(C)(O)C1CCN(Cc2ccc3c(c2)N(C2CCC(C(N)=O)CC2)C(=NC(=O)c2ccc(F)cc2)CCC3)CC1. The molecule has 2 aliphatic heterocycles. The number of carbonyl (C=O) groups is 2. The summed E-state index contributed by atoms with van der Waals surface area (Å²) < 4.78 is 13.5. The van der Waals surface area contributed by atoms with E-state index in [0.29, 0.717) is 17.9 Å². The summed E-state index contributed by atoms with van der Waals surface area (Å²) in [5, 5.41) is 10.4. The predicted molar refractivity (Wildman–Crippen MR) is 159 cm³/mol. The number of amides is 2. The first-order valence-electron chi connectivity index (χ1n) is 15.1. The van der Waals surface area contributed by atoms with Crippen LogP contribution in [0.4, 0.5) is 10.1 Å². The molecule has 1 aliphatic carbocycles. The first kappa shape index (κ1) is 29.4. The first-order chi connectivity index (χ1) is 19.6. The highest BCUT2D eigenvalue weighted by Crippen LogP contribution is 2.37. The number of fused-ring (bicyclic) bond motifs is 1. The van der Waals surface area contributed by atoms with Crippen molar-refractivity contribution in [3.05, 3.63) is 65.0 Å². The number of likely N-dealkylation sites (tertiary alicyclic amines) is 1. The summed E-state index contributed by atoms with van der Waals surface area (Å²) in [4.78, 5) is 34.5. The van der Waals surface area contributed by atoms with E-state index in [0.717, 1.165) is 82.5 Å². The molecule has 0 unspecified atom stereocenters. The molecule has 3 aliphatic rings. The zero-order chi connectivity index (χ0) is 29.1. The van der Waals surface area contributed by atoms with Gasteiger partial charge in [-0.15, -0.1) is 0 Å². The third kappa shape index (κ3) is 7.04. The molecule has 0 aromatic heterocycles. The topological polar surface area (TPSA) is 99.2 Å². The quantitative estimate of drug-likeness (QED) is 0.502. The minimum atomic E-state index is -0.648. The Hall–Kier alpha value is -3.10. The maximum Gasteiger partial charge on any atom is 0.278 e. The number of amidine groups is 1. The van der Waals surface area contributed by atoms with Crippen LogP contribution in [0.15, 0.2) is 47.5 Å². The number of rotatable bonds is 6. The van der Waals surface area contributed by atoms with E-state index in [4.69, 9.17) is 5.73 Å². The summed E-state index contributed by atoms with van der Waals surface area (Å²) in [6.07, 6.45) is 7.43. The van der Waals surface area contributed by atoms with Crippen LogP contribution in [0.5, 0.6) is 0 Å². The summed E-state index contributed by atoms with van der Waals surface area (Å²) in [7, 11) is 0. The Morgan fingerprint density at radius 2 is 1.68 bits per heavy atom. The smallest absolute Gasteiger partial charge is 0.278 e. The molecule has 1 saturated heterocycles. The molecular weight excluding hydrogens is 519 g/mol. The average molecular weight is 563 g/mol. The molecule has 0 atom stereocenters. The summed E-state index contributed by atoms with van der Waals surface area (Å²) in [5.74, 6) is -0.0572. The predicted octanol–water partition coefficient (Wildman–Crippen LogP) is 5.23. The number of aryl methyl sites for hydroxylation is 1. The second kappa shape index (κ2) is 12.4. The van der Waals surface area contributed by atoms with Crippen molar-refractivity contribution in [3.63, 3.8) is 0 Å². The molecule has 2 amide bonds. The van der Waals surface area contributed by atoms with Gasteiger partial charge in [-0.05, 0) is 126 Å². The molecule has 41 heavy (non-hydrogen) atoms. The number of primary amides is 1. The number of hydrogen-bond donors (Lipinski definition) is 2. The lowest BCUT2D eigenvalue weighted by molar-refractivity contribution is -0.122. The molecule has 0 radical (unpaired) electrons. The van der Waals surface area contributed by atoms with Crippen molar-refractivity contribution in [2.45, 2.75) is 89.8 Å². The van der Waals surface area contributed by atoms with Crippen molar-refractivity contribution >= 4 is 23.3 Å². The number of hydrogen-bond acceptors (Lipinski definition) is 4. The van der Waals surface area contributed by atoms with E-state index in [1.807, 2.05) is 13.8 Å². The van der Waals surface area contributed by atoms with Crippen LogP contribution < -0.4 is 10.6 Å². The normalized spacial score (nSPS) is 23.7. The Morgan fingerprint density at radius 3 is 2.32 bits per heavy atom. The van der Waals surface area contributed by atoms with Gasteiger partial charge in [0.1, 0.15) is 11.7 Å². The number of carbonyl (C=O) groups excluding carboxylic acids is 2. The van der Waals surface area contributed by atoms with Gasteiger partial charge in [0.15, 0.2) is 0 Å². The van der Waals surface area contributed by atoms with Crippen LogP contribution in [-0.2, 0) is 17.8 Å². The number of halogens is 1. The van der Waals surface area contributed by atoms with E-state index in [2.05, 4.69) is 33.0 Å². The van der Waals surface area contributed by atoms with Crippen molar-refractivity contribution in [2.75, 3.05) is 18.0 Å². The molecule has 3 N–H and O–H groups in total. The van der Waals surface area contributed by atoms with Crippen molar-refractivity contribution in [1.29, 1.82) is 0 Å². The van der Waals surface area contributed by atoms with Crippen LogP contribution in [0.3, 0.4) is 0 Å². The standard InChI is InChI=1S/C33H43FN4O3/c1-33(2,41)26-16-18-37(19-17-26)21-22-6-7-23-4-3-5-30(36-32(40)25-8-12-27(34)13-9-25)38(29(23)20-22)28-14-10-24(11-15-28)31(35)39/h6-9,12-13,20,24,26,28,41H,3-5,10-11,14-19,21H2,1-2H3,(H2,35,39). The molecule has 220 valence electrons. The fraction of sp³-hybridized carbons (Fsp3) is 0.545. The highest BCUT2D eigenvalue weighted by molar-refractivity contribution is 6.09. The van der Waals surface area contributed by atoms with Gasteiger partial charge in [0.05, 0.1) is 5.60 Å². The van der Waals surface area contributed by atoms with Gasteiger partial charge in [-0.2, -0.15) is 4.99 Å². The van der Waals surface area contributed by atoms with E-state index >= 15 is 0 Å². The fourth-order valence-corrected chi connectivity index (χ4v) is 6.81.